The molecule has 0 atom stereocenters. The molecule has 2 fully saturated rings. The van der Waals surface area contributed by atoms with Gasteiger partial charge in [0.1, 0.15) is 5.69 Å². The maximum Gasteiger partial charge on any atom is 0.294 e. The molecule has 0 spiro atoms. The van der Waals surface area contributed by atoms with E-state index >= 15 is 0 Å². The second-order valence-corrected chi connectivity index (χ2v) is 10.6. The molecule has 0 radical (unpaired) electrons. The minimum atomic E-state index is -3.72. The van der Waals surface area contributed by atoms with Crippen LogP contribution in [0.25, 0.3) is 11.3 Å². The van der Waals surface area contributed by atoms with Crippen LogP contribution in [-0.4, -0.2) is 63.2 Å². The summed E-state index contributed by atoms with van der Waals surface area (Å²) >= 11 is 0. The number of amides is 1. The van der Waals surface area contributed by atoms with Gasteiger partial charge in [0, 0.05) is 37.8 Å². The molecule has 9 nitrogen and oxygen atoms in total. The minimum absolute atomic E-state index is 0.0508. The van der Waals surface area contributed by atoms with Crippen LogP contribution in [0.15, 0.2) is 64.0 Å². The van der Waals surface area contributed by atoms with Gasteiger partial charge in [-0.15, -0.1) is 0 Å². The molecule has 10 heteroatoms. The van der Waals surface area contributed by atoms with Gasteiger partial charge in [-0.3, -0.25) is 4.79 Å². The summed E-state index contributed by atoms with van der Waals surface area (Å²) in [5.74, 6) is -0.436. The van der Waals surface area contributed by atoms with Crippen molar-refractivity contribution in [1.29, 1.82) is 0 Å². The zero-order valence-electron chi connectivity index (χ0n) is 19.4. The second-order valence-electron chi connectivity index (χ2n) is 8.64. The Morgan fingerprint density at radius 3 is 2.40 bits per heavy atom. The van der Waals surface area contributed by atoms with E-state index in [1.54, 1.807) is 24.3 Å². The van der Waals surface area contributed by atoms with Crippen molar-refractivity contribution in [2.24, 2.45) is 0 Å². The molecule has 2 aromatic carbocycles. The number of carbonyl (C=O) groups is 1. The molecule has 1 aromatic heterocycles. The van der Waals surface area contributed by atoms with Crippen molar-refractivity contribution in [2.45, 2.75) is 24.2 Å². The number of sulfonamides is 1. The molecule has 0 unspecified atom stereocenters. The molecular weight excluding hydrogens is 468 g/mol. The van der Waals surface area contributed by atoms with Crippen molar-refractivity contribution in [1.82, 2.24) is 9.46 Å². The Labute approximate surface area is 204 Å². The van der Waals surface area contributed by atoms with E-state index in [9.17, 15) is 13.2 Å². The molecule has 0 saturated carbocycles. The normalized spacial score (nSPS) is 17.3. The summed E-state index contributed by atoms with van der Waals surface area (Å²) < 4.78 is 38.6. The molecule has 184 valence electrons. The largest absolute Gasteiger partial charge is 0.379 e. The lowest BCUT2D eigenvalue weighted by Gasteiger charge is -2.31. The molecule has 35 heavy (non-hydrogen) atoms. The van der Waals surface area contributed by atoms with E-state index in [1.807, 2.05) is 30.3 Å². The third-order valence-corrected chi connectivity index (χ3v) is 8.22. The average Bonchev–Trinajstić information content (AvgIpc) is 3.41. The zero-order valence-corrected chi connectivity index (χ0v) is 20.2. The van der Waals surface area contributed by atoms with Crippen LogP contribution in [0.2, 0.25) is 0 Å². The van der Waals surface area contributed by atoms with Gasteiger partial charge in [-0.2, -0.15) is 4.31 Å². The smallest absolute Gasteiger partial charge is 0.294 e. The van der Waals surface area contributed by atoms with Gasteiger partial charge in [0.05, 0.1) is 29.5 Å². The van der Waals surface area contributed by atoms with Gasteiger partial charge in [0.15, 0.2) is 0 Å². The fraction of sp³-hybridized carbons (Fsp3) is 0.360. The number of piperidine rings is 1. The number of rotatable bonds is 6. The second kappa shape index (κ2) is 10.2. The van der Waals surface area contributed by atoms with Crippen LogP contribution in [0.5, 0.6) is 0 Å². The van der Waals surface area contributed by atoms with E-state index in [2.05, 4.69) is 15.4 Å². The molecule has 5 rings (SSSR count). The van der Waals surface area contributed by atoms with Crippen LogP contribution in [0.4, 0.5) is 11.4 Å². The van der Waals surface area contributed by atoms with Crippen LogP contribution in [0.3, 0.4) is 0 Å². The first-order chi connectivity index (χ1) is 17.0. The van der Waals surface area contributed by atoms with Crippen molar-refractivity contribution in [3.8, 4) is 11.3 Å². The Morgan fingerprint density at radius 2 is 1.66 bits per heavy atom. The number of ether oxygens (including phenoxy) is 1. The van der Waals surface area contributed by atoms with E-state index in [-0.39, 0.29) is 10.7 Å². The first-order valence-corrected chi connectivity index (χ1v) is 13.3. The number of carbonyl (C=O) groups excluding carboxylic acids is 1. The highest BCUT2D eigenvalue weighted by atomic mass is 32.2. The quantitative estimate of drug-likeness (QED) is 0.556. The summed E-state index contributed by atoms with van der Waals surface area (Å²) in [4.78, 5) is 15.4. The molecular formula is C25H28N4O5S. The predicted octanol–water partition coefficient (Wildman–Crippen LogP) is 3.61. The molecule has 3 heterocycles. The average molecular weight is 497 g/mol. The Bertz CT molecular complexity index is 1280. The first-order valence-electron chi connectivity index (χ1n) is 11.8. The standard InChI is InChI=1S/C25H28N4O5S/c30-25(24-18-21(27-34-24)19-7-3-1-4-8-19)26-22-17-20(35(31,32)29-13-15-33-16-14-29)9-10-23(22)28-11-5-2-6-12-28/h1,3-4,7-10,17-18H,2,5-6,11-16H2,(H,26,30). The lowest BCUT2D eigenvalue weighted by molar-refractivity contribution is 0.0730. The Balaban J connectivity index is 1.45. The first kappa shape index (κ1) is 23.5. The molecule has 3 aromatic rings. The minimum Gasteiger partial charge on any atom is -0.379 e. The third-order valence-electron chi connectivity index (χ3n) is 6.32. The van der Waals surface area contributed by atoms with Crippen molar-refractivity contribution in [2.75, 3.05) is 49.6 Å². The van der Waals surface area contributed by atoms with Gasteiger partial charge in [-0.25, -0.2) is 8.42 Å². The monoisotopic (exact) mass is 496 g/mol. The van der Waals surface area contributed by atoms with Gasteiger partial charge in [0.25, 0.3) is 5.91 Å². The number of aromatic nitrogens is 1. The molecule has 2 aliphatic rings. The summed E-state index contributed by atoms with van der Waals surface area (Å²) in [6.45, 7) is 3.03. The lowest BCUT2D eigenvalue weighted by Crippen LogP contribution is -2.40. The summed E-state index contributed by atoms with van der Waals surface area (Å²) in [7, 11) is -3.72. The Hall–Kier alpha value is -3.21. The van der Waals surface area contributed by atoms with Gasteiger partial charge in [0.2, 0.25) is 15.8 Å². The highest BCUT2D eigenvalue weighted by Crippen LogP contribution is 2.33. The molecule has 0 bridgehead atoms. The highest BCUT2D eigenvalue weighted by Gasteiger charge is 2.28. The van der Waals surface area contributed by atoms with E-state index in [0.29, 0.717) is 37.7 Å². The summed E-state index contributed by atoms with van der Waals surface area (Å²) in [6, 6.07) is 16.0. The van der Waals surface area contributed by atoms with Crippen LogP contribution in [0.1, 0.15) is 29.8 Å². The molecule has 1 amide bonds. The van der Waals surface area contributed by atoms with Crippen LogP contribution in [0, 0.1) is 0 Å². The van der Waals surface area contributed by atoms with Gasteiger partial charge >= 0.3 is 0 Å². The predicted molar refractivity (Wildman–Crippen MR) is 132 cm³/mol. The van der Waals surface area contributed by atoms with Crippen LogP contribution in [-0.2, 0) is 14.8 Å². The number of nitrogens with one attached hydrogen (secondary N) is 1. The van der Waals surface area contributed by atoms with Crippen molar-refractivity contribution >= 4 is 27.3 Å². The van der Waals surface area contributed by atoms with Crippen LogP contribution >= 0.6 is 0 Å². The Kier molecular flexibility index (Phi) is 6.85. The topological polar surface area (TPSA) is 105 Å². The zero-order chi connectivity index (χ0) is 24.3. The fourth-order valence-corrected chi connectivity index (χ4v) is 5.87. The maximum absolute atomic E-state index is 13.3. The fourth-order valence-electron chi connectivity index (χ4n) is 4.43. The number of hydrogen-bond donors (Lipinski definition) is 1. The molecule has 1 N–H and O–H groups in total. The molecule has 0 aliphatic carbocycles. The van der Waals surface area contributed by atoms with E-state index < -0.39 is 15.9 Å². The van der Waals surface area contributed by atoms with Crippen molar-refractivity contribution < 1.29 is 22.5 Å². The number of nitrogens with zero attached hydrogens (tertiary/aromatic N) is 3. The van der Waals surface area contributed by atoms with E-state index in [4.69, 9.17) is 9.26 Å². The van der Waals surface area contributed by atoms with Gasteiger partial charge in [-0.1, -0.05) is 35.5 Å². The number of anilines is 2. The number of hydrogen-bond acceptors (Lipinski definition) is 7. The number of benzene rings is 2. The summed E-state index contributed by atoms with van der Waals surface area (Å²) in [5.41, 5.74) is 2.62. The third kappa shape index (κ3) is 5.09. The molecule has 2 saturated heterocycles. The van der Waals surface area contributed by atoms with Gasteiger partial charge < -0.3 is 19.5 Å². The van der Waals surface area contributed by atoms with Crippen LogP contribution < -0.4 is 10.2 Å². The maximum atomic E-state index is 13.3. The van der Waals surface area contributed by atoms with Crippen molar-refractivity contribution in [3.63, 3.8) is 0 Å². The van der Waals surface area contributed by atoms with E-state index in [0.717, 1.165) is 43.6 Å². The summed E-state index contributed by atoms with van der Waals surface area (Å²) in [5, 5.41) is 6.90. The highest BCUT2D eigenvalue weighted by molar-refractivity contribution is 7.89. The van der Waals surface area contributed by atoms with Gasteiger partial charge in [-0.05, 0) is 37.5 Å². The molecule has 2 aliphatic heterocycles. The number of morpholine rings is 1. The van der Waals surface area contributed by atoms with Crippen molar-refractivity contribution in [3.05, 3.63) is 60.4 Å². The van der Waals surface area contributed by atoms with E-state index in [1.165, 1.54) is 4.31 Å². The lowest BCUT2D eigenvalue weighted by atomic mass is 10.1. The SMILES string of the molecule is O=C(Nc1cc(S(=O)(=O)N2CCOCC2)ccc1N1CCCCC1)c1cc(-c2ccccc2)no1. The summed E-state index contributed by atoms with van der Waals surface area (Å²) in [6.07, 6.45) is 3.25. The Morgan fingerprint density at radius 1 is 0.914 bits per heavy atom.